The highest BCUT2D eigenvalue weighted by atomic mass is 16.2. The van der Waals surface area contributed by atoms with Crippen molar-refractivity contribution >= 4 is 5.91 Å². The average Bonchev–Trinajstić information content (AvgIpc) is 2.38. The number of nitrogens with zero attached hydrogens (tertiary/aromatic N) is 1. The fourth-order valence-corrected chi connectivity index (χ4v) is 2.59. The van der Waals surface area contributed by atoms with E-state index >= 15 is 0 Å². The fraction of sp³-hybridized carbons (Fsp3) is 0.933. The molecule has 0 radical (unpaired) electrons. The quantitative estimate of drug-likeness (QED) is 0.675. The third kappa shape index (κ3) is 5.85. The van der Waals surface area contributed by atoms with Gasteiger partial charge in [-0.25, -0.2) is 0 Å². The molecule has 3 heteroatoms. The van der Waals surface area contributed by atoms with E-state index in [1.807, 2.05) is 4.90 Å². The van der Waals surface area contributed by atoms with E-state index in [-0.39, 0.29) is 0 Å². The van der Waals surface area contributed by atoms with E-state index in [0.717, 1.165) is 32.5 Å². The third-order valence-electron chi connectivity index (χ3n) is 3.82. The second-order valence-corrected chi connectivity index (χ2v) is 5.51. The standard InChI is InChI=1S/C15H30N2O/c1-3-4-5-6-7-8-9-10-15(18)17-12-11-16-13-14(17)2/h14,16H,3-13H2,1-2H3/t14-/m0/s1. The van der Waals surface area contributed by atoms with Crippen LogP contribution in [-0.4, -0.2) is 36.5 Å². The molecule has 0 aromatic carbocycles. The Morgan fingerprint density at radius 1 is 1.17 bits per heavy atom. The molecule has 0 spiro atoms. The van der Waals surface area contributed by atoms with Crippen LogP contribution in [0, 0.1) is 0 Å². The largest absolute Gasteiger partial charge is 0.337 e. The zero-order valence-electron chi connectivity index (χ0n) is 12.2. The van der Waals surface area contributed by atoms with Gasteiger partial charge in [-0.15, -0.1) is 0 Å². The molecule has 0 saturated carbocycles. The zero-order chi connectivity index (χ0) is 13.2. The van der Waals surface area contributed by atoms with E-state index in [9.17, 15) is 4.79 Å². The van der Waals surface area contributed by atoms with Gasteiger partial charge in [0.1, 0.15) is 0 Å². The normalized spacial score (nSPS) is 20.1. The van der Waals surface area contributed by atoms with E-state index in [2.05, 4.69) is 19.2 Å². The Morgan fingerprint density at radius 3 is 2.50 bits per heavy atom. The average molecular weight is 254 g/mol. The number of nitrogens with one attached hydrogen (secondary N) is 1. The molecule has 18 heavy (non-hydrogen) atoms. The highest BCUT2D eigenvalue weighted by Gasteiger charge is 2.21. The molecule has 1 heterocycles. The van der Waals surface area contributed by atoms with Gasteiger partial charge in [-0.3, -0.25) is 4.79 Å². The predicted molar refractivity (Wildman–Crippen MR) is 76.7 cm³/mol. The molecular formula is C15H30N2O. The van der Waals surface area contributed by atoms with E-state index in [0.29, 0.717) is 11.9 Å². The van der Waals surface area contributed by atoms with Gasteiger partial charge < -0.3 is 10.2 Å². The second kappa shape index (κ2) is 9.37. The monoisotopic (exact) mass is 254 g/mol. The van der Waals surface area contributed by atoms with Crippen molar-refractivity contribution in [3.05, 3.63) is 0 Å². The Hall–Kier alpha value is -0.570. The molecule has 1 rings (SSSR count). The van der Waals surface area contributed by atoms with Crippen LogP contribution >= 0.6 is 0 Å². The molecule has 1 amide bonds. The molecule has 1 saturated heterocycles. The van der Waals surface area contributed by atoms with Crippen LogP contribution in [0.4, 0.5) is 0 Å². The summed E-state index contributed by atoms with van der Waals surface area (Å²) in [6.07, 6.45) is 9.70. The van der Waals surface area contributed by atoms with Gasteiger partial charge in [-0.2, -0.15) is 0 Å². The van der Waals surface area contributed by atoms with Gasteiger partial charge in [0.2, 0.25) is 5.91 Å². The molecule has 0 aromatic heterocycles. The van der Waals surface area contributed by atoms with Crippen LogP contribution in [0.3, 0.4) is 0 Å². The molecule has 1 atom stereocenters. The van der Waals surface area contributed by atoms with Gasteiger partial charge in [-0.1, -0.05) is 45.4 Å². The smallest absolute Gasteiger partial charge is 0.222 e. The lowest BCUT2D eigenvalue weighted by Crippen LogP contribution is -2.52. The molecule has 0 aliphatic carbocycles. The number of amides is 1. The Morgan fingerprint density at radius 2 is 1.83 bits per heavy atom. The van der Waals surface area contributed by atoms with Crippen LogP contribution in [0.1, 0.15) is 65.2 Å². The van der Waals surface area contributed by atoms with Gasteiger partial charge in [0.25, 0.3) is 0 Å². The Balaban J connectivity index is 2.02. The molecule has 1 aliphatic rings. The first kappa shape index (κ1) is 15.5. The number of piperazine rings is 1. The molecular weight excluding hydrogens is 224 g/mol. The summed E-state index contributed by atoms with van der Waals surface area (Å²) in [5, 5.41) is 3.32. The first-order chi connectivity index (χ1) is 8.75. The van der Waals surface area contributed by atoms with Gasteiger partial charge >= 0.3 is 0 Å². The van der Waals surface area contributed by atoms with Crippen molar-refractivity contribution in [1.29, 1.82) is 0 Å². The van der Waals surface area contributed by atoms with Crippen LogP contribution in [0.5, 0.6) is 0 Å². The van der Waals surface area contributed by atoms with Gasteiger partial charge in [0, 0.05) is 32.1 Å². The predicted octanol–water partition coefficient (Wildman–Crippen LogP) is 2.95. The summed E-state index contributed by atoms with van der Waals surface area (Å²) in [5.74, 6) is 0.359. The maximum Gasteiger partial charge on any atom is 0.222 e. The molecule has 1 fully saturated rings. The lowest BCUT2D eigenvalue weighted by Gasteiger charge is -2.34. The molecule has 106 valence electrons. The van der Waals surface area contributed by atoms with Crippen molar-refractivity contribution in [1.82, 2.24) is 10.2 Å². The Labute approximate surface area is 112 Å². The molecule has 1 N–H and O–H groups in total. The minimum Gasteiger partial charge on any atom is -0.337 e. The van der Waals surface area contributed by atoms with Gasteiger partial charge in [0.15, 0.2) is 0 Å². The van der Waals surface area contributed by atoms with Crippen molar-refractivity contribution in [3.63, 3.8) is 0 Å². The summed E-state index contributed by atoms with van der Waals surface area (Å²) in [4.78, 5) is 14.1. The summed E-state index contributed by atoms with van der Waals surface area (Å²) >= 11 is 0. The van der Waals surface area contributed by atoms with E-state index in [4.69, 9.17) is 0 Å². The fourth-order valence-electron chi connectivity index (χ4n) is 2.59. The summed E-state index contributed by atoms with van der Waals surface area (Å²) in [5.41, 5.74) is 0. The molecule has 0 aromatic rings. The lowest BCUT2D eigenvalue weighted by molar-refractivity contribution is -0.134. The SMILES string of the molecule is CCCCCCCCCC(=O)N1CCNC[C@@H]1C. The lowest BCUT2D eigenvalue weighted by atomic mass is 10.1. The van der Waals surface area contributed by atoms with E-state index in [1.165, 1.54) is 38.5 Å². The van der Waals surface area contributed by atoms with Crippen LogP contribution in [-0.2, 0) is 4.79 Å². The van der Waals surface area contributed by atoms with Crippen molar-refractivity contribution in [2.24, 2.45) is 0 Å². The first-order valence-electron chi connectivity index (χ1n) is 7.76. The topological polar surface area (TPSA) is 32.3 Å². The van der Waals surface area contributed by atoms with Crippen LogP contribution in [0.2, 0.25) is 0 Å². The molecule has 0 bridgehead atoms. The minimum atomic E-state index is 0.359. The summed E-state index contributed by atoms with van der Waals surface area (Å²) in [6, 6.07) is 0.371. The molecule has 1 aliphatic heterocycles. The van der Waals surface area contributed by atoms with Crippen LogP contribution in [0.15, 0.2) is 0 Å². The van der Waals surface area contributed by atoms with Gasteiger partial charge in [-0.05, 0) is 13.3 Å². The number of hydrogen-bond acceptors (Lipinski definition) is 2. The second-order valence-electron chi connectivity index (χ2n) is 5.51. The Bertz CT molecular complexity index is 231. The maximum absolute atomic E-state index is 12.0. The summed E-state index contributed by atoms with van der Waals surface area (Å²) in [6.45, 7) is 7.16. The van der Waals surface area contributed by atoms with E-state index < -0.39 is 0 Å². The van der Waals surface area contributed by atoms with Crippen molar-refractivity contribution in [2.75, 3.05) is 19.6 Å². The number of carbonyl (C=O) groups excluding carboxylic acids is 1. The van der Waals surface area contributed by atoms with Crippen molar-refractivity contribution < 1.29 is 4.79 Å². The Kier molecular flexibility index (Phi) is 8.06. The van der Waals surface area contributed by atoms with Gasteiger partial charge in [0.05, 0.1) is 0 Å². The van der Waals surface area contributed by atoms with Crippen molar-refractivity contribution in [2.45, 2.75) is 71.3 Å². The zero-order valence-corrected chi connectivity index (χ0v) is 12.2. The highest BCUT2D eigenvalue weighted by molar-refractivity contribution is 5.76. The molecule has 0 unspecified atom stereocenters. The minimum absolute atomic E-state index is 0.359. The van der Waals surface area contributed by atoms with Crippen molar-refractivity contribution in [3.8, 4) is 0 Å². The number of hydrogen-bond donors (Lipinski definition) is 1. The number of unbranched alkanes of at least 4 members (excludes halogenated alkanes) is 6. The number of carbonyl (C=O) groups is 1. The summed E-state index contributed by atoms with van der Waals surface area (Å²) < 4.78 is 0. The maximum atomic E-state index is 12.0. The highest BCUT2D eigenvalue weighted by Crippen LogP contribution is 2.11. The van der Waals surface area contributed by atoms with E-state index in [1.54, 1.807) is 0 Å². The first-order valence-corrected chi connectivity index (χ1v) is 7.76. The number of rotatable bonds is 8. The van der Waals surface area contributed by atoms with Crippen LogP contribution < -0.4 is 5.32 Å². The third-order valence-corrected chi connectivity index (χ3v) is 3.82. The summed E-state index contributed by atoms with van der Waals surface area (Å²) in [7, 11) is 0. The van der Waals surface area contributed by atoms with Crippen LogP contribution in [0.25, 0.3) is 0 Å². The molecule has 3 nitrogen and oxygen atoms in total.